The highest BCUT2D eigenvalue weighted by atomic mass is 35.5. The maximum absolute atomic E-state index is 12.2. The van der Waals surface area contributed by atoms with Gasteiger partial charge >= 0.3 is 0 Å². The Kier molecular flexibility index (Phi) is 6.09. The van der Waals surface area contributed by atoms with Crippen molar-refractivity contribution in [1.29, 1.82) is 0 Å². The standard InChI is InChI=1S/C21H21ClN4O3/c22-16-3-1-15(2-4-16)19-13-23-21(29-19)25-18-7-5-17(6-8-18)24-20(27)14-26-9-11-28-12-10-26/h1-8,13H,9-12,14H2,(H,23,25)(H,24,27). The Morgan fingerprint density at radius 2 is 1.72 bits per heavy atom. The zero-order valence-electron chi connectivity index (χ0n) is 15.7. The Morgan fingerprint density at radius 1 is 1.03 bits per heavy atom. The third-order valence-electron chi connectivity index (χ3n) is 4.53. The Labute approximate surface area is 173 Å². The van der Waals surface area contributed by atoms with E-state index in [1.807, 2.05) is 36.4 Å². The fourth-order valence-corrected chi connectivity index (χ4v) is 3.13. The van der Waals surface area contributed by atoms with E-state index in [4.69, 9.17) is 20.8 Å². The fourth-order valence-electron chi connectivity index (χ4n) is 3.00. The number of ether oxygens (including phenoxy) is 1. The molecule has 0 bridgehead atoms. The molecule has 1 aliphatic rings. The van der Waals surface area contributed by atoms with Crippen molar-refractivity contribution in [2.24, 2.45) is 0 Å². The van der Waals surface area contributed by atoms with Gasteiger partial charge in [-0.3, -0.25) is 9.69 Å². The minimum Gasteiger partial charge on any atom is -0.423 e. The molecule has 8 heteroatoms. The molecule has 0 spiro atoms. The van der Waals surface area contributed by atoms with Gasteiger partial charge in [0.2, 0.25) is 5.91 Å². The molecule has 1 aromatic heterocycles. The number of nitrogens with one attached hydrogen (secondary N) is 2. The lowest BCUT2D eigenvalue weighted by molar-refractivity contribution is -0.118. The lowest BCUT2D eigenvalue weighted by atomic mass is 10.2. The quantitative estimate of drug-likeness (QED) is 0.636. The van der Waals surface area contributed by atoms with Crippen LogP contribution in [0.3, 0.4) is 0 Å². The summed E-state index contributed by atoms with van der Waals surface area (Å²) >= 11 is 5.91. The monoisotopic (exact) mass is 412 g/mol. The van der Waals surface area contributed by atoms with Crippen molar-refractivity contribution < 1.29 is 13.9 Å². The summed E-state index contributed by atoms with van der Waals surface area (Å²) in [6, 6.07) is 15.1. The second-order valence-electron chi connectivity index (χ2n) is 6.68. The Morgan fingerprint density at radius 3 is 2.45 bits per heavy atom. The highest BCUT2D eigenvalue weighted by Gasteiger charge is 2.14. The Bertz CT molecular complexity index is 951. The van der Waals surface area contributed by atoms with Gasteiger partial charge in [0.15, 0.2) is 5.76 Å². The highest BCUT2D eigenvalue weighted by molar-refractivity contribution is 6.30. The molecule has 1 aliphatic heterocycles. The van der Waals surface area contributed by atoms with Gasteiger partial charge in [-0.15, -0.1) is 0 Å². The number of carbonyl (C=O) groups is 1. The number of benzene rings is 2. The van der Waals surface area contributed by atoms with Crippen LogP contribution in [-0.2, 0) is 9.53 Å². The Balaban J connectivity index is 1.32. The van der Waals surface area contributed by atoms with E-state index >= 15 is 0 Å². The molecule has 7 nitrogen and oxygen atoms in total. The van der Waals surface area contributed by atoms with Gasteiger partial charge in [-0.1, -0.05) is 11.6 Å². The van der Waals surface area contributed by atoms with Crippen LogP contribution >= 0.6 is 11.6 Å². The average molecular weight is 413 g/mol. The molecule has 3 aromatic rings. The molecule has 0 atom stereocenters. The molecule has 29 heavy (non-hydrogen) atoms. The van der Waals surface area contributed by atoms with Crippen molar-refractivity contribution in [3.8, 4) is 11.3 Å². The van der Waals surface area contributed by atoms with Crippen molar-refractivity contribution in [2.45, 2.75) is 0 Å². The minimum absolute atomic E-state index is 0.0343. The van der Waals surface area contributed by atoms with Crippen molar-refractivity contribution in [3.63, 3.8) is 0 Å². The van der Waals surface area contributed by atoms with Gasteiger partial charge in [-0.2, -0.15) is 0 Å². The van der Waals surface area contributed by atoms with E-state index < -0.39 is 0 Å². The number of rotatable bonds is 6. The van der Waals surface area contributed by atoms with E-state index in [1.165, 1.54) is 0 Å². The largest absolute Gasteiger partial charge is 0.423 e. The van der Waals surface area contributed by atoms with E-state index in [9.17, 15) is 4.79 Å². The second-order valence-corrected chi connectivity index (χ2v) is 7.11. The lowest BCUT2D eigenvalue weighted by Gasteiger charge is -2.25. The molecule has 2 aromatic carbocycles. The number of morpholine rings is 1. The molecule has 0 aliphatic carbocycles. The van der Waals surface area contributed by atoms with Gasteiger partial charge in [0.1, 0.15) is 0 Å². The first-order chi connectivity index (χ1) is 14.2. The van der Waals surface area contributed by atoms with Crippen LogP contribution in [0.1, 0.15) is 0 Å². The molecule has 150 valence electrons. The van der Waals surface area contributed by atoms with E-state index in [-0.39, 0.29) is 5.91 Å². The summed E-state index contributed by atoms with van der Waals surface area (Å²) in [5.74, 6) is 0.615. The number of anilines is 3. The van der Waals surface area contributed by atoms with E-state index in [0.717, 1.165) is 30.0 Å². The summed E-state index contributed by atoms with van der Waals surface area (Å²) in [5.41, 5.74) is 2.44. The summed E-state index contributed by atoms with van der Waals surface area (Å²) in [7, 11) is 0. The number of hydrogen-bond acceptors (Lipinski definition) is 6. The maximum Gasteiger partial charge on any atom is 0.299 e. The van der Waals surface area contributed by atoms with Crippen LogP contribution in [0.15, 0.2) is 59.1 Å². The van der Waals surface area contributed by atoms with Crippen molar-refractivity contribution >= 4 is 34.9 Å². The predicted octanol–water partition coefficient (Wildman–Crippen LogP) is 4.01. The molecule has 2 heterocycles. The summed E-state index contributed by atoms with van der Waals surface area (Å²) in [4.78, 5) is 18.5. The number of amides is 1. The first-order valence-electron chi connectivity index (χ1n) is 9.34. The average Bonchev–Trinajstić information content (AvgIpc) is 3.19. The number of carbonyl (C=O) groups excluding carboxylic acids is 1. The predicted molar refractivity (Wildman–Crippen MR) is 113 cm³/mol. The number of halogens is 1. The molecule has 0 radical (unpaired) electrons. The molecular weight excluding hydrogens is 392 g/mol. The van der Waals surface area contributed by atoms with E-state index in [2.05, 4.69) is 20.5 Å². The molecule has 1 fully saturated rings. The summed E-state index contributed by atoms with van der Waals surface area (Å²) in [5, 5.41) is 6.69. The smallest absolute Gasteiger partial charge is 0.299 e. The van der Waals surface area contributed by atoms with Crippen molar-refractivity contribution in [2.75, 3.05) is 43.5 Å². The topological polar surface area (TPSA) is 79.6 Å². The molecule has 1 amide bonds. The van der Waals surface area contributed by atoms with Crippen molar-refractivity contribution in [1.82, 2.24) is 9.88 Å². The van der Waals surface area contributed by atoms with Crippen LogP contribution < -0.4 is 10.6 Å². The maximum atomic E-state index is 12.2. The molecular formula is C21H21ClN4O3. The van der Waals surface area contributed by atoms with Gasteiger partial charge in [-0.05, 0) is 48.5 Å². The zero-order valence-corrected chi connectivity index (χ0v) is 16.5. The van der Waals surface area contributed by atoms with Crippen LogP contribution in [0.2, 0.25) is 5.02 Å². The summed E-state index contributed by atoms with van der Waals surface area (Å²) in [6.45, 7) is 3.28. The van der Waals surface area contributed by atoms with Crippen LogP contribution in [0.25, 0.3) is 11.3 Å². The molecule has 2 N–H and O–H groups in total. The molecule has 4 rings (SSSR count). The van der Waals surface area contributed by atoms with Crippen molar-refractivity contribution in [3.05, 3.63) is 59.8 Å². The third-order valence-corrected chi connectivity index (χ3v) is 4.78. The van der Waals surface area contributed by atoms with Crippen LogP contribution in [0, 0.1) is 0 Å². The second kappa shape index (κ2) is 9.09. The first-order valence-corrected chi connectivity index (χ1v) is 9.72. The molecule has 1 saturated heterocycles. The number of aromatic nitrogens is 1. The summed E-state index contributed by atoms with van der Waals surface area (Å²) < 4.78 is 11.0. The Hall–Kier alpha value is -2.87. The normalized spacial score (nSPS) is 14.5. The van der Waals surface area contributed by atoms with E-state index in [0.29, 0.717) is 36.6 Å². The number of hydrogen-bond donors (Lipinski definition) is 2. The van der Waals surface area contributed by atoms with Crippen LogP contribution in [0.4, 0.5) is 17.4 Å². The lowest BCUT2D eigenvalue weighted by Crippen LogP contribution is -2.41. The van der Waals surface area contributed by atoms with Crippen LogP contribution in [-0.4, -0.2) is 48.6 Å². The van der Waals surface area contributed by atoms with Gasteiger partial charge < -0.3 is 19.8 Å². The number of nitrogens with zero attached hydrogens (tertiary/aromatic N) is 2. The fraction of sp³-hybridized carbons (Fsp3) is 0.238. The SMILES string of the molecule is O=C(CN1CCOCC1)Nc1ccc(Nc2ncc(-c3ccc(Cl)cc3)o2)cc1. The highest BCUT2D eigenvalue weighted by Crippen LogP contribution is 2.26. The van der Waals surface area contributed by atoms with Gasteiger partial charge in [0.05, 0.1) is 26.0 Å². The third kappa shape index (κ3) is 5.35. The first kappa shape index (κ1) is 19.4. The van der Waals surface area contributed by atoms with Gasteiger partial charge in [0, 0.05) is 35.1 Å². The summed E-state index contributed by atoms with van der Waals surface area (Å²) in [6.07, 6.45) is 1.66. The zero-order chi connectivity index (χ0) is 20.1. The van der Waals surface area contributed by atoms with Crippen LogP contribution in [0.5, 0.6) is 0 Å². The molecule has 0 saturated carbocycles. The minimum atomic E-state index is -0.0343. The van der Waals surface area contributed by atoms with E-state index in [1.54, 1.807) is 18.3 Å². The molecule has 0 unspecified atom stereocenters. The van der Waals surface area contributed by atoms with Gasteiger partial charge in [0.25, 0.3) is 6.01 Å². The van der Waals surface area contributed by atoms with Gasteiger partial charge in [-0.25, -0.2) is 4.98 Å². The number of oxazole rings is 1.